The molecule has 0 aromatic carbocycles. The molecule has 0 saturated carbocycles. The highest BCUT2D eigenvalue weighted by molar-refractivity contribution is 9.10. The first-order chi connectivity index (χ1) is 7.25. The highest BCUT2D eigenvalue weighted by Gasteiger charge is 2.01. The fourth-order valence-corrected chi connectivity index (χ4v) is 2.77. The van der Waals surface area contributed by atoms with Crippen LogP contribution in [-0.4, -0.2) is 9.78 Å². The van der Waals surface area contributed by atoms with Crippen LogP contribution >= 0.6 is 27.3 Å². The first-order valence-electron chi connectivity index (χ1n) is 4.67. The van der Waals surface area contributed by atoms with E-state index in [1.54, 1.807) is 11.3 Å². The largest absolute Gasteiger partial charge is 0.306 e. The van der Waals surface area contributed by atoms with Crippen LogP contribution < -0.4 is 5.32 Å². The van der Waals surface area contributed by atoms with Crippen molar-refractivity contribution in [2.24, 2.45) is 7.05 Å². The summed E-state index contributed by atoms with van der Waals surface area (Å²) in [5.41, 5.74) is 1.07. The van der Waals surface area contributed by atoms with Crippen LogP contribution in [0.4, 0.5) is 0 Å². The van der Waals surface area contributed by atoms with Crippen LogP contribution in [0.3, 0.4) is 0 Å². The van der Waals surface area contributed by atoms with Crippen LogP contribution in [0.15, 0.2) is 28.2 Å². The number of hydrogen-bond acceptors (Lipinski definition) is 3. The fraction of sp³-hybridized carbons (Fsp3) is 0.300. The van der Waals surface area contributed by atoms with Crippen molar-refractivity contribution < 1.29 is 0 Å². The summed E-state index contributed by atoms with van der Waals surface area (Å²) in [5.74, 6) is 0. The van der Waals surface area contributed by atoms with Crippen molar-refractivity contribution in [3.63, 3.8) is 0 Å². The van der Waals surface area contributed by atoms with Gasteiger partial charge in [0.25, 0.3) is 0 Å². The molecule has 0 amide bonds. The third-order valence-corrected chi connectivity index (χ3v) is 3.98. The molecule has 0 fully saturated rings. The number of rotatable bonds is 4. The fourth-order valence-electron chi connectivity index (χ4n) is 1.31. The minimum atomic E-state index is 0.811. The SMILES string of the molecule is Cn1ccc(CNCc2sccc2Br)n1. The van der Waals surface area contributed by atoms with E-state index in [0.29, 0.717) is 0 Å². The lowest BCUT2D eigenvalue weighted by molar-refractivity contribution is 0.660. The van der Waals surface area contributed by atoms with Crippen molar-refractivity contribution in [1.82, 2.24) is 15.1 Å². The summed E-state index contributed by atoms with van der Waals surface area (Å²) in [6.45, 7) is 1.69. The summed E-state index contributed by atoms with van der Waals surface area (Å²) < 4.78 is 3.00. The van der Waals surface area contributed by atoms with Crippen LogP contribution in [0.1, 0.15) is 10.6 Å². The highest BCUT2D eigenvalue weighted by atomic mass is 79.9. The molecule has 80 valence electrons. The lowest BCUT2D eigenvalue weighted by Gasteiger charge is -2.00. The maximum absolute atomic E-state index is 4.30. The van der Waals surface area contributed by atoms with E-state index in [1.165, 1.54) is 9.35 Å². The van der Waals surface area contributed by atoms with Gasteiger partial charge in [-0.05, 0) is 33.4 Å². The van der Waals surface area contributed by atoms with Crippen molar-refractivity contribution in [3.05, 3.63) is 38.8 Å². The first kappa shape index (κ1) is 10.9. The summed E-state index contributed by atoms with van der Waals surface area (Å²) in [6.07, 6.45) is 1.96. The van der Waals surface area contributed by atoms with E-state index in [-0.39, 0.29) is 0 Å². The smallest absolute Gasteiger partial charge is 0.0762 e. The van der Waals surface area contributed by atoms with Crippen LogP contribution in [0, 0.1) is 0 Å². The number of aryl methyl sites for hydroxylation is 1. The Hall–Kier alpha value is -0.650. The van der Waals surface area contributed by atoms with Gasteiger partial charge in [-0.3, -0.25) is 4.68 Å². The van der Waals surface area contributed by atoms with Gasteiger partial charge < -0.3 is 5.32 Å². The Morgan fingerprint density at radius 3 is 2.93 bits per heavy atom. The standard InChI is InChI=1S/C10H12BrN3S/c1-14-4-2-8(13-14)6-12-7-10-9(11)3-5-15-10/h2-5,12H,6-7H2,1H3. The predicted octanol–water partition coefficient (Wildman–Crippen LogP) is 2.53. The quantitative estimate of drug-likeness (QED) is 0.936. The molecule has 0 atom stereocenters. The van der Waals surface area contributed by atoms with Crippen molar-refractivity contribution in [1.29, 1.82) is 0 Å². The molecular formula is C10H12BrN3S. The number of halogens is 1. The number of hydrogen-bond donors (Lipinski definition) is 1. The van der Waals surface area contributed by atoms with Gasteiger partial charge in [0, 0.05) is 35.7 Å². The molecule has 0 spiro atoms. The molecule has 2 aromatic rings. The summed E-state index contributed by atoms with van der Waals surface area (Å²) in [5, 5.41) is 9.75. The molecule has 0 saturated heterocycles. The van der Waals surface area contributed by atoms with Gasteiger partial charge in [-0.15, -0.1) is 11.3 Å². The zero-order valence-corrected chi connectivity index (χ0v) is 10.8. The molecule has 0 unspecified atom stereocenters. The lowest BCUT2D eigenvalue weighted by Crippen LogP contribution is -2.12. The number of nitrogens with zero attached hydrogens (tertiary/aromatic N) is 2. The summed E-state index contributed by atoms with van der Waals surface area (Å²) >= 11 is 5.26. The van der Waals surface area contributed by atoms with E-state index >= 15 is 0 Å². The van der Waals surface area contributed by atoms with E-state index in [4.69, 9.17) is 0 Å². The second kappa shape index (κ2) is 4.92. The third kappa shape index (κ3) is 2.90. The van der Waals surface area contributed by atoms with Crippen LogP contribution in [0.25, 0.3) is 0 Å². The Bertz CT molecular complexity index is 435. The molecule has 5 heteroatoms. The molecule has 3 nitrogen and oxygen atoms in total. The van der Waals surface area contributed by atoms with Gasteiger partial charge in [0.15, 0.2) is 0 Å². The van der Waals surface area contributed by atoms with Crippen molar-refractivity contribution in [2.75, 3.05) is 0 Å². The molecule has 2 rings (SSSR count). The Morgan fingerprint density at radius 1 is 1.47 bits per heavy atom. The Kier molecular flexibility index (Phi) is 3.56. The number of nitrogens with one attached hydrogen (secondary N) is 1. The Balaban J connectivity index is 1.83. The molecule has 15 heavy (non-hydrogen) atoms. The Labute approximate surface area is 101 Å². The zero-order chi connectivity index (χ0) is 10.7. The molecule has 0 aliphatic rings. The molecule has 0 bridgehead atoms. The van der Waals surface area contributed by atoms with Crippen molar-refractivity contribution in [2.45, 2.75) is 13.1 Å². The van der Waals surface area contributed by atoms with E-state index in [9.17, 15) is 0 Å². The van der Waals surface area contributed by atoms with E-state index in [0.717, 1.165) is 18.8 Å². The summed E-state index contributed by atoms with van der Waals surface area (Å²) in [7, 11) is 1.93. The van der Waals surface area contributed by atoms with Crippen molar-refractivity contribution >= 4 is 27.3 Å². The predicted molar refractivity (Wildman–Crippen MR) is 65.8 cm³/mol. The van der Waals surface area contributed by atoms with Gasteiger partial charge in [-0.1, -0.05) is 0 Å². The van der Waals surface area contributed by atoms with Gasteiger partial charge in [-0.2, -0.15) is 5.10 Å². The second-order valence-electron chi connectivity index (χ2n) is 3.28. The minimum Gasteiger partial charge on any atom is -0.306 e. The van der Waals surface area contributed by atoms with Crippen LogP contribution in [-0.2, 0) is 20.1 Å². The van der Waals surface area contributed by atoms with Crippen LogP contribution in [0.2, 0.25) is 0 Å². The molecule has 0 radical (unpaired) electrons. The molecule has 0 aliphatic carbocycles. The minimum absolute atomic E-state index is 0.811. The zero-order valence-electron chi connectivity index (χ0n) is 8.40. The topological polar surface area (TPSA) is 29.9 Å². The van der Waals surface area contributed by atoms with Crippen LogP contribution in [0.5, 0.6) is 0 Å². The molecule has 0 aliphatic heterocycles. The van der Waals surface area contributed by atoms with E-state index in [2.05, 4.69) is 37.8 Å². The molecular weight excluding hydrogens is 274 g/mol. The average Bonchev–Trinajstić information content (AvgIpc) is 2.77. The lowest BCUT2D eigenvalue weighted by atomic mass is 10.4. The molecule has 2 heterocycles. The third-order valence-electron chi connectivity index (χ3n) is 2.05. The molecule has 1 N–H and O–H groups in total. The monoisotopic (exact) mass is 285 g/mol. The van der Waals surface area contributed by atoms with Gasteiger partial charge in [0.05, 0.1) is 5.69 Å². The summed E-state index contributed by atoms with van der Waals surface area (Å²) in [4.78, 5) is 1.32. The second-order valence-corrected chi connectivity index (χ2v) is 5.13. The number of aromatic nitrogens is 2. The summed E-state index contributed by atoms with van der Waals surface area (Å²) in [6, 6.07) is 4.10. The average molecular weight is 286 g/mol. The van der Waals surface area contributed by atoms with E-state index in [1.807, 2.05) is 24.0 Å². The van der Waals surface area contributed by atoms with Gasteiger partial charge >= 0.3 is 0 Å². The van der Waals surface area contributed by atoms with Gasteiger partial charge in [0.2, 0.25) is 0 Å². The van der Waals surface area contributed by atoms with Gasteiger partial charge in [0.1, 0.15) is 0 Å². The Morgan fingerprint density at radius 2 is 2.33 bits per heavy atom. The maximum Gasteiger partial charge on any atom is 0.0762 e. The van der Waals surface area contributed by atoms with Gasteiger partial charge in [-0.25, -0.2) is 0 Å². The van der Waals surface area contributed by atoms with Crippen molar-refractivity contribution in [3.8, 4) is 0 Å². The number of thiophene rings is 1. The first-order valence-corrected chi connectivity index (χ1v) is 6.34. The molecule has 2 aromatic heterocycles. The maximum atomic E-state index is 4.30. The van der Waals surface area contributed by atoms with E-state index < -0.39 is 0 Å². The normalized spacial score (nSPS) is 10.8. The highest BCUT2D eigenvalue weighted by Crippen LogP contribution is 2.22.